The lowest BCUT2D eigenvalue weighted by atomic mass is 10.0. The molecule has 2 N–H and O–H groups in total. The Balaban J connectivity index is 1.83. The predicted molar refractivity (Wildman–Crippen MR) is 84.1 cm³/mol. The topological polar surface area (TPSA) is 101 Å². The first-order valence-electron chi connectivity index (χ1n) is 7.66. The number of carboxylic acid groups (broad SMARTS) is 1. The Hall–Kier alpha value is -1.89. The summed E-state index contributed by atoms with van der Waals surface area (Å²) in [6.07, 6.45) is 5.43. The lowest BCUT2D eigenvalue weighted by molar-refractivity contribution is -0.117. The molecular weight excluding hydrogens is 318 g/mol. The van der Waals surface area contributed by atoms with Gasteiger partial charge in [0, 0.05) is 17.9 Å². The van der Waals surface area contributed by atoms with Gasteiger partial charge >= 0.3 is 5.97 Å². The Kier molecular flexibility index (Phi) is 3.91. The van der Waals surface area contributed by atoms with Crippen LogP contribution in [0.5, 0.6) is 0 Å². The number of sulfone groups is 1. The predicted octanol–water partition coefficient (Wildman–Crippen LogP) is 2.16. The molecule has 124 valence electrons. The van der Waals surface area contributed by atoms with Crippen LogP contribution in [-0.4, -0.2) is 31.7 Å². The third-order valence-electron chi connectivity index (χ3n) is 4.81. The standard InChI is InChI=1S/C16H19NO5S/c1-23(21,22)11-7-9(16(19)20)6-10(8-11)17-15(18)14-12-4-2-3-5-13(12)14/h6-8,12-14H,2-5H2,1H3,(H,17,18)(H,19,20). The second-order valence-electron chi connectivity index (χ2n) is 6.45. The Morgan fingerprint density at radius 1 is 1.13 bits per heavy atom. The van der Waals surface area contributed by atoms with Crippen LogP contribution in [0, 0.1) is 17.8 Å². The highest BCUT2D eigenvalue weighted by atomic mass is 32.2. The lowest BCUT2D eigenvalue weighted by Crippen LogP contribution is -2.16. The summed E-state index contributed by atoms with van der Waals surface area (Å²) in [6, 6.07) is 3.71. The number of anilines is 1. The van der Waals surface area contributed by atoms with Gasteiger partial charge in [-0.05, 0) is 42.9 Å². The molecule has 23 heavy (non-hydrogen) atoms. The van der Waals surface area contributed by atoms with Crippen LogP contribution in [0.15, 0.2) is 23.1 Å². The molecule has 3 rings (SSSR count). The van der Waals surface area contributed by atoms with Crippen LogP contribution < -0.4 is 5.32 Å². The van der Waals surface area contributed by atoms with Gasteiger partial charge < -0.3 is 10.4 Å². The van der Waals surface area contributed by atoms with Crippen molar-refractivity contribution in [2.45, 2.75) is 30.6 Å². The molecule has 0 spiro atoms. The van der Waals surface area contributed by atoms with Gasteiger partial charge in [0.05, 0.1) is 10.5 Å². The first-order chi connectivity index (χ1) is 10.8. The van der Waals surface area contributed by atoms with Crippen molar-refractivity contribution < 1.29 is 23.1 Å². The van der Waals surface area contributed by atoms with Gasteiger partial charge in [0.2, 0.25) is 5.91 Å². The minimum atomic E-state index is -3.56. The first-order valence-corrected chi connectivity index (χ1v) is 9.56. The summed E-state index contributed by atoms with van der Waals surface area (Å²) >= 11 is 0. The number of carbonyl (C=O) groups is 2. The van der Waals surface area contributed by atoms with Crippen LogP contribution in [0.1, 0.15) is 36.0 Å². The van der Waals surface area contributed by atoms with Crippen molar-refractivity contribution in [3.05, 3.63) is 23.8 Å². The number of carboxylic acids is 1. The molecule has 7 heteroatoms. The number of hydrogen-bond acceptors (Lipinski definition) is 4. The molecule has 2 atom stereocenters. The summed E-state index contributed by atoms with van der Waals surface area (Å²) in [5.74, 6) is -0.524. The van der Waals surface area contributed by atoms with E-state index < -0.39 is 15.8 Å². The molecule has 2 unspecified atom stereocenters. The SMILES string of the molecule is CS(=O)(=O)c1cc(NC(=O)C2C3CCCCC32)cc(C(=O)O)c1. The number of amides is 1. The summed E-state index contributed by atoms with van der Waals surface area (Å²) < 4.78 is 23.4. The highest BCUT2D eigenvalue weighted by molar-refractivity contribution is 7.90. The Bertz CT molecular complexity index is 759. The molecule has 2 fully saturated rings. The van der Waals surface area contributed by atoms with E-state index in [1.807, 2.05) is 0 Å². The normalized spacial score (nSPS) is 26.2. The van der Waals surface area contributed by atoms with Crippen LogP contribution in [0.3, 0.4) is 0 Å². The van der Waals surface area contributed by atoms with Gasteiger partial charge in [-0.25, -0.2) is 13.2 Å². The maximum absolute atomic E-state index is 12.4. The fourth-order valence-electron chi connectivity index (χ4n) is 3.62. The number of rotatable bonds is 4. The maximum Gasteiger partial charge on any atom is 0.335 e. The van der Waals surface area contributed by atoms with Gasteiger partial charge in [0.15, 0.2) is 9.84 Å². The molecule has 6 nitrogen and oxygen atoms in total. The molecule has 0 saturated heterocycles. The molecule has 0 heterocycles. The van der Waals surface area contributed by atoms with E-state index in [0.29, 0.717) is 11.8 Å². The number of hydrogen-bond donors (Lipinski definition) is 2. The van der Waals surface area contributed by atoms with E-state index in [1.54, 1.807) is 0 Å². The number of nitrogens with one attached hydrogen (secondary N) is 1. The average molecular weight is 337 g/mol. The Morgan fingerprint density at radius 2 is 1.74 bits per heavy atom. The van der Waals surface area contributed by atoms with Gasteiger partial charge in [0.1, 0.15) is 0 Å². The minimum absolute atomic E-state index is 0.0207. The zero-order valence-corrected chi connectivity index (χ0v) is 13.6. The van der Waals surface area contributed by atoms with E-state index in [4.69, 9.17) is 5.11 Å². The third-order valence-corrected chi connectivity index (χ3v) is 5.90. The van der Waals surface area contributed by atoms with Gasteiger partial charge in [-0.15, -0.1) is 0 Å². The third kappa shape index (κ3) is 3.24. The Labute approximate surface area is 134 Å². The van der Waals surface area contributed by atoms with Crippen molar-refractivity contribution in [2.24, 2.45) is 17.8 Å². The van der Waals surface area contributed by atoms with E-state index in [0.717, 1.165) is 38.0 Å². The summed E-state index contributed by atoms with van der Waals surface area (Å²) in [4.78, 5) is 23.4. The van der Waals surface area contributed by atoms with Crippen LogP contribution in [-0.2, 0) is 14.6 Å². The molecule has 1 aromatic carbocycles. The number of fused-ring (bicyclic) bond motifs is 1. The van der Waals surface area contributed by atoms with E-state index in [9.17, 15) is 18.0 Å². The van der Waals surface area contributed by atoms with E-state index in [-0.39, 0.29) is 28.0 Å². The van der Waals surface area contributed by atoms with Crippen molar-refractivity contribution in [1.82, 2.24) is 0 Å². The molecule has 1 amide bonds. The summed E-state index contributed by atoms with van der Waals surface area (Å²) in [6.45, 7) is 0. The van der Waals surface area contributed by atoms with Gasteiger partial charge in [-0.1, -0.05) is 12.8 Å². The van der Waals surface area contributed by atoms with Crippen LogP contribution in [0.2, 0.25) is 0 Å². The molecular formula is C16H19NO5S. The van der Waals surface area contributed by atoms with E-state index >= 15 is 0 Å². The molecule has 0 bridgehead atoms. The molecule has 2 saturated carbocycles. The van der Waals surface area contributed by atoms with E-state index in [2.05, 4.69) is 5.32 Å². The van der Waals surface area contributed by atoms with Crippen molar-refractivity contribution in [3.8, 4) is 0 Å². The monoisotopic (exact) mass is 337 g/mol. The second kappa shape index (κ2) is 5.63. The summed E-state index contributed by atoms with van der Waals surface area (Å²) in [5, 5.41) is 11.8. The largest absolute Gasteiger partial charge is 0.478 e. The number of aromatic carboxylic acids is 1. The quantitative estimate of drug-likeness (QED) is 0.877. The van der Waals surface area contributed by atoms with E-state index in [1.165, 1.54) is 12.1 Å². The summed E-state index contributed by atoms with van der Waals surface area (Å²) in [7, 11) is -3.56. The summed E-state index contributed by atoms with van der Waals surface area (Å²) in [5.41, 5.74) is 0.0652. The van der Waals surface area contributed by atoms with Gasteiger partial charge in [-0.2, -0.15) is 0 Å². The van der Waals surface area contributed by atoms with Crippen molar-refractivity contribution in [3.63, 3.8) is 0 Å². The molecule has 2 aliphatic carbocycles. The molecule has 0 radical (unpaired) electrons. The fourth-order valence-corrected chi connectivity index (χ4v) is 4.30. The molecule has 1 aromatic rings. The second-order valence-corrected chi connectivity index (χ2v) is 8.47. The highest BCUT2D eigenvalue weighted by Gasteiger charge is 2.54. The fraction of sp³-hybridized carbons (Fsp3) is 0.500. The number of benzene rings is 1. The van der Waals surface area contributed by atoms with Crippen LogP contribution in [0.4, 0.5) is 5.69 Å². The molecule has 0 aliphatic heterocycles. The average Bonchev–Trinajstić information content (AvgIpc) is 3.20. The maximum atomic E-state index is 12.4. The Morgan fingerprint density at radius 3 is 2.26 bits per heavy atom. The van der Waals surface area contributed by atoms with Crippen LogP contribution >= 0.6 is 0 Å². The van der Waals surface area contributed by atoms with Crippen molar-refractivity contribution in [2.75, 3.05) is 11.6 Å². The van der Waals surface area contributed by atoms with Gasteiger partial charge in [0.25, 0.3) is 0 Å². The lowest BCUT2D eigenvalue weighted by Gasteiger charge is -2.08. The minimum Gasteiger partial charge on any atom is -0.478 e. The molecule has 0 aromatic heterocycles. The zero-order chi connectivity index (χ0) is 16.8. The van der Waals surface area contributed by atoms with Crippen molar-refractivity contribution >= 4 is 27.4 Å². The first kappa shape index (κ1) is 16.0. The molecule has 2 aliphatic rings. The number of carbonyl (C=O) groups excluding carboxylic acids is 1. The smallest absolute Gasteiger partial charge is 0.335 e. The zero-order valence-electron chi connectivity index (χ0n) is 12.8. The van der Waals surface area contributed by atoms with Crippen molar-refractivity contribution in [1.29, 1.82) is 0 Å². The van der Waals surface area contributed by atoms with Gasteiger partial charge in [-0.3, -0.25) is 4.79 Å². The highest BCUT2D eigenvalue weighted by Crippen LogP contribution is 2.55. The van der Waals surface area contributed by atoms with Crippen LogP contribution in [0.25, 0.3) is 0 Å².